The molecule has 4 amide bonds. The molecule has 2 atom stereocenters. The Hall–Kier alpha value is -5.52. The first-order chi connectivity index (χ1) is 35.6. The van der Waals surface area contributed by atoms with Gasteiger partial charge in [-0.1, -0.05) is 29.6 Å². The number of imide groups is 1. The maximum absolute atomic E-state index is 13.0. The molecule has 0 bridgehead atoms. The van der Waals surface area contributed by atoms with Crippen molar-refractivity contribution in [3.8, 4) is 33.8 Å². The number of aliphatic hydroxyl groups excluding tert-OH is 1. The number of likely N-dealkylation sites (tertiary alicyclic amines) is 3. The summed E-state index contributed by atoms with van der Waals surface area (Å²) in [4.78, 5) is 66.6. The number of fused-ring (bicyclic) bond motifs is 3. The van der Waals surface area contributed by atoms with Crippen LogP contribution in [0.2, 0.25) is 10.0 Å². The molecule has 75 heavy (non-hydrogen) atoms. The van der Waals surface area contributed by atoms with Crippen LogP contribution in [0.15, 0.2) is 60.9 Å². The summed E-state index contributed by atoms with van der Waals surface area (Å²) in [6.45, 7) is 17.8. The number of nitrogens with zero attached hydrogens (tertiary/aromatic N) is 5. The van der Waals surface area contributed by atoms with E-state index in [1.54, 1.807) is 33.5 Å². The van der Waals surface area contributed by atoms with E-state index in [9.17, 15) is 24.3 Å². The van der Waals surface area contributed by atoms with Crippen molar-refractivity contribution in [1.82, 2.24) is 24.7 Å². The summed E-state index contributed by atoms with van der Waals surface area (Å²) in [6.07, 6.45) is 8.27. The lowest BCUT2D eigenvalue weighted by Crippen LogP contribution is -2.44. The van der Waals surface area contributed by atoms with Crippen LogP contribution in [0.1, 0.15) is 107 Å². The topological polar surface area (TPSA) is 161 Å². The molecule has 10 rings (SSSR count). The molecule has 398 valence electrons. The first-order valence-electron chi connectivity index (χ1n) is 25.7. The number of halogens is 2. The number of rotatable bonds is 9. The second kappa shape index (κ2) is 22.2. The highest BCUT2D eigenvalue weighted by molar-refractivity contribution is 7.20. The lowest BCUT2D eigenvalue weighted by atomic mass is 10.00. The van der Waals surface area contributed by atoms with Gasteiger partial charge in [-0.3, -0.25) is 24.5 Å². The molecule has 1 saturated carbocycles. The highest BCUT2D eigenvalue weighted by Crippen LogP contribution is 2.46. The van der Waals surface area contributed by atoms with Crippen molar-refractivity contribution in [1.29, 1.82) is 0 Å². The fourth-order valence-electron chi connectivity index (χ4n) is 10.4. The van der Waals surface area contributed by atoms with Gasteiger partial charge in [0.15, 0.2) is 0 Å². The molecule has 14 nitrogen and oxygen atoms in total. The van der Waals surface area contributed by atoms with Gasteiger partial charge in [0.25, 0.3) is 0 Å². The molecular formula is C57H65Cl2N5O9S2. The number of benzene rings is 2. The van der Waals surface area contributed by atoms with E-state index in [4.69, 9.17) is 42.1 Å². The van der Waals surface area contributed by atoms with Crippen molar-refractivity contribution < 1.29 is 43.2 Å². The smallest absolute Gasteiger partial charge is 0.410 e. The molecule has 2 unspecified atom stereocenters. The third kappa shape index (κ3) is 12.4. The fourth-order valence-corrected chi connectivity index (χ4v) is 13.1. The maximum atomic E-state index is 13.0. The second-order valence-corrected chi connectivity index (χ2v) is 25.1. The van der Waals surface area contributed by atoms with Gasteiger partial charge in [0, 0.05) is 106 Å². The van der Waals surface area contributed by atoms with E-state index < -0.39 is 11.2 Å². The summed E-state index contributed by atoms with van der Waals surface area (Å²) in [7, 11) is 0. The van der Waals surface area contributed by atoms with Crippen LogP contribution in [0, 0.1) is 25.7 Å². The number of ether oxygens (including phenoxy) is 4. The van der Waals surface area contributed by atoms with Gasteiger partial charge in [-0.15, -0.1) is 22.7 Å². The van der Waals surface area contributed by atoms with E-state index in [1.807, 2.05) is 104 Å². The molecule has 18 heteroatoms. The van der Waals surface area contributed by atoms with Crippen LogP contribution in [0.4, 0.5) is 9.59 Å². The highest BCUT2D eigenvalue weighted by atomic mass is 35.5. The monoisotopic (exact) mass is 1100 g/mol. The average molecular weight is 1100 g/mol. The molecular weight excluding hydrogens is 1030 g/mol. The normalized spacial score (nSPS) is 18.6. The number of amides is 4. The third-order valence-corrected chi connectivity index (χ3v) is 16.6. The van der Waals surface area contributed by atoms with Crippen molar-refractivity contribution in [2.24, 2.45) is 11.8 Å². The summed E-state index contributed by atoms with van der Waals surface area (Å²) in [5.41, 5.74) is 6.20. The molecule has 4 aromatic heterocycles. The van der Waals surface area contributed by atoms with E-state index in [1.165, 1.54) is 16.2 Å². The number of thiophene rings is 2. The van der Waals surface area contributed by atoms with E-state index in [0.717, 1.165) is 107 Å². The van der Waals surface area contributed by atoms with Crippen molar-refractivity contribution in [2.75, 3.05) is 26.2 Å². The van der Waals surface area contributed by atoms with Gasteiger partial charge in [0.1, 0.15) is 34.9 Å². The van der Waals surface area contributed by atoms with E-state index in [2.05, 4.69) is 9.97 Å². The molecule has 0 spiro atoms. The van der Waals surface area contributed by atoms with Crippen molar-refractivity contribution in [2.45, 2.75) is 137 Å². The number of carbonyl (C=O) groups excluding carboxylic acids is 4. The Balaban J connectivity index is 0.000000189. The Labute approximate surface area is 456 Å². The summed E-state index contributed by atoms with van der Waals surface area (Å²) in [5.74, 6) is 1.19. The Kier molecular flexibility index (Phi) is 16.1. The fraction of sp³-hybridized carbons (Fsp3) is 0.474. The zero-order valence-electron chi connectivity index (χ0n) is 43.8. The highest BCUT2D eigenvalue weighted by Gasteiger charge is 2.49. The Bertz CT molecular complexity index is 3110. The summed E-state index contributed by atoms with van der Waals surface area (Å²) in [6, 6.07) is 15.5. The van der Waals surface area contributed by atoms with Crippen LogP contribution in [0.25, 0.3) is 42.7 Å². The second-order valence-electron chi connectivity index (χ2n) is 21.9. The Morgan fingerprint density at radius 3 is 1.45 bits per heavy atom. The molecule has 4 aliphatic rings. The average Bonchev–Trinajstić information content (AvgIpc) is 4.16. The largest absolute Gasteiger partial charge is 0.489 e. The van der Waals surface area contributed by atoms with Gasteiger partial charge >= 0.3 is 12.2 Å². The van der Waals surface area contributed by atoms with Gasteiger partial charge in [-0.2, -0.15) is 0 Å². The lowest BCUT2D eigenvalue weighted by Gasteiger charge is -2.34. The number of aromatic nitrogens is 2. The van der Waals surface area contributed by atoms with E-state index >= 15 is 0 Å². The molecule has 3 saturated heterocycles. The SMILES string of the molecule is Cc1cc(Cl)cc(-c2ccnc3cc(CN4C(=O)C5CCCC5C4=O)sc23)c1OC1CCN(C(=O)OC(C)(C)C)CC1.Cc1cc(Cl)cc(-c2ccnc3cc(CO)sc23)c1OC1CCN(C(=O)OC(C)(C)C)CC1. The minimum Gasteiger partial charge on any atom is -0.489 e. The summed E-state index contributed by atoms with van der Waals surface area (Å²) in [5, 5.41) is 10.8. The molecule has 1 aliphatic carbocycles. The zero-order valence-corrected chi connectivity index (χ0v) is 46.9. The molecule has 3 aliphatic heterocycles. The van der Waals surface area contributed by atoms with Crippen LogP contribution in [0.3, 0.4) is 0 Å². The van der Waals surface area contributed by atoms with Crippen LogP contribution >= 0.6 is 45.9 Å². The Morgan fingerprint density at radius 1 is 0.627 bits per heavy atom. The zero-order chi connectivity index (χ0) is 53.5. The minimum atomic E-state index is -0.532. The third-order valence-electron chi connectivity index (χ3n) is 13.9. The van der Waals surface area contributed by atoms with Gasteiger partial charge < -0.3 is 33.9 Å². The molecule has 4 fully saturated rings. The summed E-state index contributed by atoms with van der Waals surface area (Å²) >= 11 is 16.1. The van der Waals surface area contributed by atoms with Crippen molar-refractivity contribution >= 4 is 90.3 Å². The number of hydrogen-bond acceptors (Lipinski definition) is 13. The van der Waals surface area contributed by atoms with Crippen molar-refractivity contribution in [3.63, 3.8) is 0 Å². The standard InChI is InChI=1S/C32H36ClN3O5S.C25H29ClN2O4S/c1-18-14-19(33)15-25(27(18)40-20-9-12-35(13-10-20)31(39)41-32(2,3)4)22-8-11-34-26-16-21(42-28(22)26)17-36-29(37)23-6-5-7-24(23)30(36)38;1-15-11-16(26)12-20(19-5-8-27-21-13-18(14-29)33-23(19)21)22(15)31-17-6-9-28(10-7-17)24(30)32-25(2,3)4/h8,11,14-16,20,23-24H,5-7,9-10,12-13,17H2,1-4H3;5,8,11-13,17,29H,6-7,9-10,14H2,1-4H3. The lowest BCUT2D eigenvalue weighted by molar-refractivity contribution is -0.141. The quantitative estimate of drug-likeness (QED) is 0.137. The predicted octanol–water partition coefficient (Wildman–Crippen LogP) is 13.2. The number of piperidine rings is 2. The van der Waals surface area contributed by atoms with E-state index in [-0.39, 0.29) is 61.2 Å². The first-order valence-corrected chi connectivity index (χ1v) is 28.1. The van der Waals surface area contributed by atoms with Crippen LogP contribution in [0.5, 0.6) is 11.5 Å². The van der Waals surface area contributed by atoms with Crippen LogP contribution < -0.4 is 9.47 Å². The molecule has 0 radical (unpaired) electrons. The van der Waals surface area contributed by atoms with E-state index in [0.29, 0.717) is 49.1 Å². The summed E-state index contributed by atoms with van der Waals surface area (Å²) < 4.78 is 26.2. The van der Waals surface area contributed by atoms with Crippen LogP contribution in [-0.2, 0) is 32.2 Å². The number of aryl methyl sites for hydroxylation is 2. The number of hydrogen-bond donors (Lipinski definition) is 1. The number of aliphatic hydroxyl groups is 1. The predicted molar refractivity (Wildman–Crippen MR) is 295 cm³/mol. The molecule has 1 N–H and O–H groups in total. The van der Waals surface area contributed by atoms with Crippen molar-refractivity contribution in [3.05, 3.63) is 91.9 Å². The van der Waals surface area contributed by atoms with Gasteiger partial charge in [0.05, 0.1) is 45.4 Å². The molecule has 2 aromatic carbocycles. The molecule has 6 aromatic rings. The molecule has 7 heterocycles. The van der Waals surface area contributed by atoms with Crippen LogP contribution in [-0.4, -0.2) is 103 Å². The Morgan fingerprint density at radius 2 is 1.04 bits per heavy atom. The number of pyridine rings is 2. The maximum Gasteiger partial charge on any atom is 0.410 e. The van der Waals surface area contributed by atoms with Gasteiger partial charge in [-0.25, -0.2) is 9.59 Å². The van der Waals surface area contributed by atoms with Gasteiger partial charge in [0.2, 0.25) is 11.8 Å². The minimum absolute atomic E-state index is 0.0176. The first kappa shape index (κ1) is 54.3. The van der Waals surface area contributed by atoms with Gasteiger partial charge in [-0.05, 0) is 128 Å². The number of carbonyl (C=O) groups is 4.